The molecule has 0 heterocycles. The lowest BCUT2D eigenvalue weighted by Gasteiger charge is -2.11. The van der Waals surface area contributed by atoms with Gasteiger partial charge in [0.1, 0.15) is 11.6 Å². The summed E-state index contributed by atoms with van der Waals surface area (Å²) in [7, 11) is 0. The Bertz CT molecular complexity index is 395. The number of benzene rings is 1. The van der Waals surface area contributed by atoms with E-state index in [2.05, 4.69) is 5.32 Å². The second kappa shape index (κ2) is 6.72. The first-order chi connectivity index (χ1) is 8.02. The maximum atomic E-state index is 13.4. The van der Waals surface area contributed by atoms with Crippen LogP contribution in [0.4, 0.5) is 4.39 Å². The summed E-state index contributed by atoms with van der Waals surface area (Å²) in [4.78, 5) is 11.7. The van der Waals surface area contributed by atoms with Crippen LogP contribution in [0.2, 0.25) is 5.02 Å². The van der Waals surface area contributed by atoms with Crippen LogP contribution >= 0.6 is 11.6 Å². The molecule has 17 heavy (non-hydrogen) atoms. The molecule has 4 heteroatoms. The largest absolute Gasteiger partial charge is 0.314 e. The van der Waals surface area contributed by atoms with Gasteiger partial charge in [-0.15, -0.1) is 0 Å². The molecule has 1 atom stereocenters. The monoisotopic (exact) mass is 257 g/mol. The molecule has 0 saturated heterocycles. The summed E-state index contributed by atoms with van der Waals surface area (Å²) in [6, 6.07) is 4.52. The highest BCUT2D eigenvalue weighted by molar-refractivity contribution is 6.30. The van der Waals surface area contributed by atoms with E-state index in [4.69, 9.17) is 11.6 Å². The van der Waals surface area contributed by atoms with Gasteiger partial charge in [0.25, 0.3) is 0 Å². The Morgan fingerprint density at radius 3 is 2.82 bits per heavy atom. The Balaban J connectivity index is 2.56. The molecular weight excluding hydrogens is 241 g/mol. The van der Waals surface area contributed by atoms with E-state index in [1.54, 1.807) is 12.1 Å². The molecule has 0 spiro atoms. The third kappa shape index (κ3) is 4.84. The van der Waals surface area contributed by atoms with Crippen LogP contribution in [-0.2, 0) is 11.2 Å². The Labute approximate surface area is 106 Å². The highest BCUT2D eigenvalue weighted by Gasteiger charge is 2.11. The first-order valence-corrected chi connectivity index (χ1v) is 6.09. The fraction of sp³-hybridized carbons (Fsp3) is 0.462. The molecule has 0 saturated carbocycles. The molecule has 1 unspecified atom stereocenters. The van der Waals surface area contributed by atoms with E-state index in [0.717, 1.165) is 6.54 Å². The van der Waals surface area contributed by atoms with Gasteiger partial charge in [-0.25, -0.2) is 4.39 Å². The minimum absolute atomic E-state index is 0.0275. The Hall–Kier alpha value is -0.930. The zero-order valence-electron chi connectivity index (χ0n) is 10.1. The summed E-state index contributed by atoms with van der Waals surface area (Å²) < 4.78 is 13.4. The summed E-state index contributed by atoms with van der Waals surface area (Å²) in [6.07, 6.45) is 0.536. The van der Waals surface area contributed by atoms with Crippen LogP contribution in [0.15, 0.2) is 18.2 Å². The minimum Gasteiger partial charge on any atom is -0.314 e. The highest BCUT2D eigenvalue weighted by atomic mass is 35.5. The lowest BCUT2D eigenvalue weighted by molar-refractivity contribution is -0.118. The number of Topliss-reactive ketones (excluding diaryl/α,β-unsaturated/α-hetero) is 1. The maximum absolute atomic E-state index is 13.4. The van der Waals surface area contributed by atoms with Crippen molar-refractivity contribution in [2.75, 3.05) is 6.54 Å². The molecule has 1 aromatic carbocycles. The van der Waals surface area contributed by atoms with Gasteiger partial charge in [0, 0.05) is 23.9 Å². The zero-order valence-corrected chi connectivity index (χ0v) is 10.9. The van der Waals surface area contributed by atoms with Crippen molar-refractivity contribution in [2.45, 2.75) is 32.7 Å². The van der Waals surface area contributed by atoms with Gasteiger partial charge < -0.3 is 5.32 Å². The topological polar surface area (TPSA) is 29.1 Å². The van der Waals surface area contributed by atoms with Crippen LogP contribution in [-0.4, -0.2) is 18.4 Å². The molecule has 1 rings (SSSR count). The van der Waals surface area contributed by atoms with Gasteiger partial charge in [0.2, 0.25) is 0 Å². The molecule has 0 bridgehead atoms. The molecule has 1 N–H and O–H groups in total. The molecule has 2 nitrogen and oxygen atoms in total. The fourth-order valence-corrected chi connectivity index (χ4v) is 1.87. The predicted molar refractivity (Wildman–Crippen MR) is 67.9 cm³/mol. The molecule has 0 aliphatic carbocycles. The van der Waals surface area contributed by atoms with Gasteiger partial charge in [-0.3, -0.25) is 4.79 Å². The second-order valence-corrected chi connectivity index (χ2v) is 4.55. The van der Waals surface area contributed by atoms with Gasteiger partial charge in [-0.1, -0.05) is 24.6 Å². The third-order valence-corrected chi connectivity index (χ3v) is 2.72. The van der Waals surface area contributed by atoms with E-state index in [-0.39, 0.29) is 18.2 Å². The van der Waals surface area contributed by atoms with Gasteiger partial charge in [-0.2, -0.15) is 0 Å². The van der Waals surface area contributed by atoms with Crippen LogP contribution in [0.1, 0.15) is 25.8 Å². The Kier molecular flexibility index (Phi) is 5.59. The average molecular weight is 258 g/mol. The molecule has 0 radical (unpaired) electrons. The van der Waals surface area contributed by atoms with Crippen molar-refractivity contribution in [2.24, 2.45) is 0 Å². The molecule has 1 aromatic rings. The zero-order chi connectivity index (χ0) is 12.8. The number of halogens is 2. The summed E-state index contributed by atoms with van der Waals surface area (Å²) in [5.74, 6) is -0.387. The normalized spacial score (nSPS) is 12.5. The van der Waals surface area contributed by atoms with E-state index in [1.165, 1.54) is 6.07 Å². The lowest BCUT2D eigenvalue weighted by atomic mass is 10.0. The van der Waals surface area contributed by atoms with Crippen LogP contribution in [0.5, 0.6) is 0 Å². The number of nitrogens with one attached hydrogen (secondary N) is 1. The number of hydrogen-bond donors (Lipinski definition) is 1. The first kappa shape index (κ1) is 14.1. The van der Waals surface area contributed by atoms with Gasteiger partial charge in [0.15, 0.2) is 0 Å². The molecule has 0 amide bonds. The van der Waals surface area contributed by atoms with E-state index in [1.807, 2.05) is 13.8 Å². The lowest BCUT2D eigenvalue weighted by Crippen LogP contribution is -2.28. The fourth-order valence-electron chi connectivity index (χ4n) is 1.71. The van der Waals surface area contributed by atoms with Crippen LogP contribution in [0, 0.1) is 5.82 Å². The second-order valence-electron chi connectivity index (χ2n) is 4.11. The van der Waals surface area contributed by atoms with Crippen molar-refractivity contribution >= 4 is 17.4 Å². The van der Waals surface area contributed by atoms with E-state index in [0.29, 0.717) is 17.0 Å². The standard InChI is InChI=1S/C13H17ClFNO/c1-3-16-9(2)6-12(17)7-10-4-5-11(14)8-13(10)15/h4-5,8-9,16H,3,6-7H2,1-2H3. The van der Waals surface area contributed by atoms with Crippen LogP contribution in [0.25, 0.3) is 0 Å². The molecule has 0 fully saturated rings. The Morgan fingerprint density at radius 2 is 2.24 bits per heavy atom. The van der Waals surface area contributed by atoms with Crippen molar-refractivity contribution in [3.63, 3.8) is 0 Å². The molecular formula is C13H17ClFNO. The molecule has 0 aliphatic heterocycles. The van der Waals surface area contributed by atoms with E-state index >= 15 is 0 Å². The highest BCUT2D eigenvalue weighted by Crippen LogP contribution is 2.15. The number of carbonyl (C=O) groups excluding carboxylic acids is 1. The summed E-state index contributed by atoms with van der Waals surface area (Å²) in [6.45, 7) is 4.75. The number of ketones is 1. The van der Waals surface area contributed by atoms with Crippen molar-refractivity contribution in [1.29, 1.82) is 0 Å². The Morgan fingerprint density at radius 1 is 1.53 bits per heavy atom. The SMILES string of the molecule is CCNC(C)CC(=O)Cc1ccc(Cl)cc1F. The molecule has 0 aliphatic rings. The number of hydrogen-bond acceptors (Lipinski definition) is 2. The smallest absolute Gasteiger partial charge is 0.138 e. The molecule has 94 valence electrons. The van der Waals surface area contributed by atoms with Crippen molar-refractivity contribution in [3.8, 4) is 0 Å². The van der Waals surface area contributed by atoms with Crippen molar-refractivity contribution in [1.82, 2.24) is 5.32 Å². The quantitative estimate of drug-likeness (QED) is 0.849. The van der Waals surface area contributed by atoms with Gasteiger partial charge in [0.05, 0.1) is 0 Å². The summed E-state index contributed by atoms with van der Waals surface area (Å²) in [5, 5.41) is 3.50. The summed E-state index contributed by atoms with van der Waals surface area (Å²) in [5.41, 5.74) is 0.406. The molecule has 0 aromatic heterocycles. The predicted octanol–water partition coefficient (Wildman–Crippen LogP) is 2.98. The average Bonchev–Trinajstić information content (AvgIpc) is 2.22. The van der Waals surface area contributed by atoms with Crippen molar-refractivity contribution in [3.05, 3.63) is 34.6 Å². The first-order valence-electron chi connectivity index (χ1n) is 5.72. The third-order valence-electron chi connectivity index (χ3n) is 2.49. The number of rotatable bonds is 6. The van der Waals surface area contributed by atoms with Crippen LogP contribution in [0.3, 0.4) is 0 Å². The van der Waals surface area contributed by atoms with Gasteiger partial charge >= 0.3 is 0 Å². The maximum Gasteiger partial charge on any atom is 0.138 e. The van der Waals surface area contributed by atoms with Gasteiger partial charge in [-0.05, 0) is 31.2 Å². The number of carbonyl (C=O) groups is 1. The summed E-state index contributed by atoms with van der Waals surface area (Å²) >= 11 is 5.64. The van der Waals surface area contributed by atoms with Crippen LogP contribution < -0.4 is 5.32 Å². The van der Waals surface area contributed by atoms with Crippen molar-refractivity contribution < 1.29 is 9.18 Å². The minimum atomic E-state index is -0.415. The van der Waals surface area contributed by atoms with E-state index in [9.17, 15) is 9.18 Å². The van der Waals surface area contributed by atoms with E-state index < -0.39 is 5.82 Å².